The van der Waals surface area contributed by atoms with Gasteiger partial charge in [0.1, 0.15) is 0 Å². The molecule has 2 nitrogen and oxygen atoms in total. The van der Waals surface area contributed by atoms with Crippen molar-refractivity contribution in [2.45, 2.75) is 12.8 Å². The van der Waals surface area contributed by atoms with Crippen LogP contribution in [0.25, 0.3) is 10.8 Å². The first-order chi connectivity index (χ1) is 14.8. The van der Waals surface area contributed by atoms with E-state index in [1.165, 1.54) is 38.0 Å². The fourth-order valence-corrected chi connectivity index (χ4v) is 9.91. The molecule has 0 atom stereocenters. The predicted molar refractivity (Wildman–Crippen MR) is 127 cm³/mol. The Kier molecular flexibility index (Phi) is 5.76. The second-order valence-corrected chi connectivity index (χ2v) is 12.6. The Bertz CT molecular complexity index is 1140. The molecular weight excluding hydrogens is 551 g/mol. The maximum absolute atomic E-state index is 5.67. The Morgan fingerprint density at radius 3 is 2.07 bits per heavy atom. The molecule has 0 heterocycles. The van der Waals surface area contributed by atoms with Crippen molar-refractivity contribution < 1.29 is 9.47 Å². The molecule has 4 aromatic carbocycles. The SMILES string of the molecule is COc1ccccc1[Se]c1ccc2c3c(ccc([Te]c4ccccc4OC)c13)CC2. The molecule has 4 heteroatoms. The van der Waals surface area contributed by atoms with Crippen LogP contribution in [0.4, 0.5) is 0 Å². The van der Waals surface area contributed by atoms with Gasteiger partial charge in [0, 0.05) is 0 Å². The second-order valence-electron chi connectivity index (χ2n) is 7.20. The van der Waals surface area contributed by atoms with Crippen molar-refractivity contribution in [1.82, 2.24) is 0 Å². The van der Waals surface area contributed by atoms with Gasteiger partial charge < -0.3 is 0 Å². The number of rotatable bonds is 6. The molecule has 1 aliphatic rings. The van der Waals surface area contributed by atoms with Crippen LogP contribution in [-0.4, -0.2) is 50.1 Å². The van der Waals surface area contributed by atoms with Gasteiger partial charge in [0.15, 0.2) is 0 Å². The van der Waals surface area contributed by atoms with E-state index in [2.05, 4.69) is 66.7 Å². The van der Waals surface area contributed by atoms with E-state index in [0.29, 0.717) is 0 Å². The van der Waals surface area contributed by atoms with Crippen molar-refractivity contribution in [3.05, 3.63) is 83.9 Å². The van der Waals surface area contributed by atoms with Crippen molar-refractivity contribution in [3.8, 4) is 11.5 Å². The van der Waals surface area contributed by atoms with Crippen LogP contribution in [0.2, 0.25) is 0 Å². The van der Waals surface area contributed by atoms with Crippen LogP contribution in [0.1, 0.15) is 11.1 Å². The summed E-state index contributed by atoms with van der Waals surface area (Å²) in [5.41, 5.74) is 3.02. The zero-order valence-corrected chi connectivity index (χ0v) is 21.0. The van der Waals surface area contributed by atoms with Gasteiger partial charge >= 0.3 is 195 Å². The number of ether oxygens (including phenoxy) is 2. The number of hydrogen-bond acceptors (Lipinski definition) is 2. The topological polar surface area (TPSA) is 18.5 Å². The third-order valence-corrected chi connectivity index (χ3v) is 11.0. The van der Waals surface area contributed by atoms with Gasteiger partial charge in [-0.3, -0.25) is 0 Å². The zero-order chi connectivity index (χ0) is 20.5. The molecule has 0 amide bonds. The van der Waals surface area contributed by atoms with Crippen molar-refractivity contribution in [2.75, 3.05) is 14.2 Å². The molecular formula is C26H22O2SeTe. The van der Waals surface area contributed by atoms with Gasteiger partial charge in [0.25, 0.3) is 0 Å². The molecule has 30 heavy (non-hydrogen) atoms. The molecule has 150 valence electrons. The molecule has 0 N–H and O–H groups in total. The number of aryl methyl sites for hydroxylation is 2. The molecule has 0 fully saturated rings. The minimum absolute atomic E-state index is 0.189. The van der Waals surface area contributed by atoms with Gasteiger partial charge in [-0.1, -0.05) is 0 Å². The van der Waals surface area contributed by atoms with Crippen molar-refractivity contribution in [1.29, 1.82) is 0 Å². The Morgan fingerprint density at radius 2 is 1.30 bits per heavy atom. The monoisotopic (exact) mass is 576 g/mol. The van der Waals surface area contributed by atoms with E-state index in [4.69, 9.17) is 9.47 Å². The van der Waals surface area contributed by atoms with Crippen LogP contribution in [0.15, 0.2) is 72.8 Å². The van der Waals surface area contributed by atoms with E-state index < -0.39 is 20.9 Å². The summed E-state index contributed by atoms with van der Waals surface area (Å²) in [6, 6.07) is 26.4. The summed E-state index contributed by atoms with van der Waals surface area (Å²) >= 11 is -0.384. The fraction of sp³-hybridized carbons (Fsp3) is 0.154. The molecule has 0 saturated heterocycles. The molecule has 0 spiro atoms. The molecule has 0 bridgehead atoms. The van der Waals surface area contributed by atoms with Crippen molar-refractivity contribution in [2.24, 2.45) is 0 Å². The van der Waals surface area contributed by atoms with Crippen LogP contribution >= 0.6 is 0 Å². The van der Waals surface area contributed by atoms with Gasteiger partial charge in [-0.15, -0.1) is 0 Å². The second kappa shape index (κ2) is 8.66. The van der Waals surface area contributed by atoms with Gasteiger partial charge in [-0.25, -0.2) is 0 Å². The molecule has 0 unspecified atom stereocenters. The van der Waals surface area contributed by atoms with Gasteiger partial charge in [0.2, 0.25) is 0 Å². The van der Waals surface area contributed by atoms with Crippen LogP contribution in [0.3, 0.4) is 0 Å². The van der Waals surface area contributed by atoms with E-state index in [1.54, 1.807) is 14.2 Å². The summed E-state index contributed by atoms with van der Waals surface area (Å²) in [6.07, 6.45) is 2.32. The Labute approximate surface area is 193 Å². The van der Waals surface area contributed by atoms with Gasteiger partial charge in [-0.2, -0.15) is 0 Å². The zero-order valence-electron chi connectivity index (χ0n) is 17.0. The first-order valence-corrected chi connectivity index (χ1v) is 14.0. The van der Waals surface area contributed by atoms with E-state index in [0.717, 1.165) is 24.3 Å². The molecule has 5 rings (SSSR count). The Morgan fingerprint density at radius 1 is 0.633 bits per heavy atom. The first kappa shape index (κ1) is 20.0. The number of benzene rings is 4. The molecule has 0 aliphatic heterocycles. The summed E-state index contributed by atoms with van der Waals surface area (Å²) < 4.78 is 17.0. The normalized spacial score (nSPS) is 12.3. The van der Waals surface area contributed by atoms with Gasteiger partial charge in [-0.05, 0) is 0 Å². The van der Waals surface area contributed by atoms with Crippen LogP contribution in [-0.2, 0) is 12.8 Å². The molecule has 0 aromatic heterocycles. The molecule has 1 aliphatic carbocycles. The summed E-state index contributed by atoms with van der Waals surface area (Å²) in [7, 11) is 3.54. The average Bonchev–Trinajstić information content (AvgIpc) is 3.21. The number of para-hydroxylation sites is 2. The summed E-state index contributed by atoms with van der Waals surface area (Å²) in [5, 5.41) is 3.02. The van der Waals surface area contributed by atoms with E-state index >= 15 is 0 Å². The fourth-order valence-electron chi connectivity index (χ4n) is 4.08. The summed E-state index contributed by atoms with van der Waals surface area (Å²) in [4.78, 5) is 0. The maximum atomic E-state index is 5.67. The summed E-state index contributed by atoms with van der Waals surface area (Å²) in [6.45, 7) is 0. The predicted octanol–water partition coefficient (Wildman–Crippen LogP) is 2.27. The quantitative estimate of drug-likeness (QED) is 0.330. The third-order valence-electron chi connectivity index (χ3n) is 5.50. The first-order valence-electron chi connectivity index (χ1n) is 9.97. The van der Waals surface area contributed by atoms with Crippen LogP contribution in [0, 0.1) is 0 Å². The van der Waals surface area contributed by atoms with Crippen molar-refractivity contribution in [3.63, 3.8) is 0 Å². The van der Waals surface area contributed by atoms with E-state index in [1.807, 2.05) is 6.07 Å². The van der Waals surface area contributed by atoms with Crippen molar-refractivity contribution >= 4 is 62.8 Å². The molecule has 4 aromatic rings. The standard InChI is InChI=1S/C26H22O2SeTe/c1-27-19-7-3-5-9-21(19)29-22-15-13-17-11-12-18-14-16-24(26(22)25(17)18)30-23-10-6-4-8-20(23)28-2/h3-10,13-16H,11-12H2,1-2H3. The third kappa shape index (κ3) is 3.64. The van der Waals surface area contributed by atoms with Crippen LogP contribution in [0.5, 0.6) is 11.5 Å². The van der Waals surface area contributed by atoms with E-state index in [9.17, 15) is 0 Å². The average molecular weight is 573 g/mol. The van der Waals surface area contributed by atoms with Crippen LogP contribution < -0.4 is 25.6 Å². The Balaban J connectivity index is 1.67. The number of hydrogen-bond donors (Lipinski definition) is 0. The molecule has 0 radical (unpaired) electrons. The molecule has 0 saturated carbocycles. The van der Waals surface area contributed by atoms with E-state index in [-0.39, 0.29) is 15.0 Å². The van der Waals surface area contributed by atoms with Gasteiger partial charge in [0.05, 0.1) is 0 Å². The summed E-state index contributed by atoms with van der Waals surface area (Å²) in [5.74, 6) is 2.00. The number of methoxy groups -OCH3 is 2. The minimum atomic E-state index is -0.573. The Hall–Kier alpha value is -1.95.